The Hall–Kier alpha value is -0.960. The van der Waals surface area contributed by atoms with Gasteiger partial charge >= 0.3 is 6.55 Å². The Kier molecular flexibility index (Phi) is 9.50. The van der Waals surface area contributed by atoms with Crippen molar-refractivity contribution in [3.05, 3.63) is 18.2 Å². The van der Waals surface area contributed by atoms with E-state index in [0.717, 1.165) is 17.7 Å². The summed E-state index contributed by atoms with van der Waals surface area (Å²) in [5.74, 6) is 0.278. The molecule has 0 aromatic carbocycles. The van der Waals surface area contributed by atoms with Gasteiger partial charge in [0.15, 0.2) is 0 Å². The van der Waals surface area contributed by atoms with Gasteiger partial charge in [-0.3, -0.25) is 14.3 Å². The van der Waals surface area contributed by atoms with E-state index in [1.54, 1.807) is 16.8 Å². The van der Waals surface area contributed by atoms with Crippen molar-refractivity contribution in [2.24, 2.45) is 0 Å². The quantitative estimate of drug-likeness (QED) is 0.851. The zero-order valence-electron chi connectivity index (χ0n) is 12.2. The number of amides is 1. The molecule has 0 spiro atoms. The molecule has 0 atom stereocenters. The van der Waals surface area contributed by atoms with Gasteiger partial charge in [-0.05, 0) is 7.05 Å². The zero-order valence-corrected chi connectivity index (χ0v) is 13.9. The number of likely N-dealkylation sites (N-methyl/N-ethyl adjacent to an activating group) is 1. The van der Waals surface area contributed by atoms with Crippen LogP contribution in [0.5, 0.6) is 0 Å². The average Bonchev–Trinajstić information content (AvgIpc) is 2.87. The molecule has 0 aliphatic carbocycles. The summed E-state index contributed by atoms with van der Waals surface area (Å²) in [6.07, 6.45) is 2.58. The Morgan fingerprint density at radius 2 is 2.05 bits per heavy atom. The summed E-state index contributed by atoms with van der Waals surface area (Å²) in [7, 11) is 1.73. The fourth-order valence-corrected chi connectivity index (χ4v) is 2.19. The number of hydrogen-bond acceptors (Lipinski definition) is 4. The third-order valence-corrected chi connectivity index (χ3v) is 3.25. The van der Waals surface area contributed by atoms with E-state index < -0.39 is 6.55 Å². The first-order valence-corrected chi connectivity index (χ1v) is 6.55. The molecule has 1 aliphatic heterocycles. The average molecular weight is 360 g/mol. The standard InChI is InChI=1S/C12H19F2N5O.2ClH/c1-17(8-10-16-4-7-19(10)12(13)14)9-11(20)18-5-2-15-3-6-18;;/h4,7,12,15H,2-3,5-6,8-9H2,1H3;2*1H. The van der Waals surface area contributed by atoms with Crippen LogP contribution in [0.1, 0.15) is 12.4 Å². The Labute approximate surface area is 140 Å². The molecule has 6 nitrogen and oxygen atoms in total. The fraction of sp³-hybridized carbons (Fsp3) is 0.667. The lowest BCUT2D eigenvalue weighted by Gasteiger charge is -2.29. The lowest BCUT2D eigenvalue weighted by molar-refractivity contribution is -0.132. The number of nitrogens with one attached hydrogen (secondary N) is 1. The predicted octanol–water partition coefficient (Wildman–Crippen LogP) is 0.985. The van der Waals surface area contributed by atoms with Gasteiger partial charge in [0.2, 0.25) is 5.91 Å². The van der Waals surface area contributed by atoms with Crippen molar-refractivity contribution >= 4 is 30.7 Å². The molecule has 2 heterocycles. The highest BCUT2D eigenvalue weighted by molar-refractivity contribution is 5.85. The maximum atomic E-state index is 12.7. The molecular weight excluding hydrogens is 339 g/mol. The Balaban J connectivity index is 0.00000220. The monoisotopic (exact) mass is 359 g/mol. The third-order valence-electron chi connectivity index (χ3n) is 3.25. The highest BCUT2D eigenvalue weighted by Gasteiger charge is 2.19. The van der Waals surface area contributed by atoms with Crippen molar-refractivity contribution in [3.8, 4) is 0 Å². The van der Waals surface area contributed by atoms with E-state index in [1.807, 2.05) is 0 Å². The SMILES string of the molecule is CN(CC(=O)N1CCNCC1)Cc1nccn1C(F)F.Cl.Cl. The molecule has 2 rings (SSSR count). The van der Waals surface area contributed by atoms with Crippen molar-refractivity contribution in [2.45, 2.75) is 13.1 Å². The van der Waals surface area contributed by atoms with E-state index in [2.05, 4.69) is 10.3 Å². The Morgan fingerprint density at radius 3 is 2.64 bits per heavy atom. The van der Waals surface area contributed by atoms with Crippen LogP contribution < -0.4 is 5.32 Å². The third kappa shape index (κ3) is 5.68. The predicted molar refractivity (Wildman–Crippen MR) is 83.8 cm³/mol. The number of piperazine rings is 1. The number of carbonyl (C=O) groups is 1. The van der Waals surface area contributed by atoms with Gasteiger partial charge in [-0.15, -0.1) is 24.8 Å². The summed E-state index contributed by atoms with van der Waals surface area (Å²) in [6.45, 7) is 0.795. The molecule has 128 valence electrons. The van der Waals surface area contributed by atoms with Gasteiger partial charge in [0.25, 0.3) is 0 Å². The second-order valence-corrected chi connectivity index (χ2v) is 4.83. The normalized spacial score (nSPS) is 14.7. The van der Waals surface area contributed by atoms with Crippen molar-refractivity contribution in [1.29, 1.82) is 0 Å². The summed E-state index contributed by atoms with van der Waals surface area (Å²) in [6, 6.07) is 0. The smallest absolute Gasteiger partial charge is 0.319 e. The van der Waals surface area contributed by atoms with E-state index in [-0.39, 0.29) is 49.6 Å². The van der Waals surface area contributed by atoms with Crippen LogP contribution in [0.2, 0.25) is 0 Å². The van der Waals surface area contributed by atoms with Gasteiger partial charge in [-0.25, -0.2) is 4.98 Å². The Morgan fingerprint density at radius 1 is 1.41 bits per heavy atom. The summed E-state index contributed by atoms with van der Waals surface area (Å²) >= 11 is 0. The molecule has 1 aliphatic rings. The van der Waals surface area contributed by atoms with Gasteiger partial charge in [0.1, 0.15) is 5.82 Å². The van der Waals surface area contributed by atoms with Crippen molar-refractivity contribution in [3.63, 3.8) is 0 Å². The van der Waals surface area contributed by atoms with E-state index in [9.17, 15) is 13.6 Å². The Bertz CT molecular complexity index is 454. The van der Waals surface area contributed by atoms with Gasteiger partial charge in [-0.1, -0.05) is 0 Å². The number of alkyl halides is 2. The van der Waals surface area contributed by atoms with E-state index >= 15 is 0 Å². The number of imidazole rings is 1. The van der Waals surface area contributed by atoms with E-state index in [4.69, 9.17) is 0 Å². The van der Waals surface area contributed by atoms with Crippen LogP contribution in [-0.4, -0.2) is 65.0 Å². The summed E-state index contributed by atoms with van der Waals surface area (Å²) < 4.78 is 26.2. The van der Waals surface area contributed by atoms with Crippen LogP contribution in [0, 0.1) is 0 Å². The summed E-state index contributed by atoms with van der Waals surface area (Å²) in [4.78, 5) is 19.4. The minimum atomic E-state index is -2.61. The molecule has 1 amide bonds. The first-order valence-electron chi connectivity index (χ1n) is 6.55. The highest BCUT2D eigenvalue weighted by atomic mass is 35.5. The van der Waals surface area contributed by atoms with Crippen LogP contribution in [0.25, 0.3) is 0 Å². The van der Waals surface area contributed by atoms with Crippen LogP contribution in [0.15, 0.2) is 12.4 Å². The molecule has 0 radical (unpaired) electrons. The number of carbonyl (C=O) groups excluding carboxylic acids is 1. The molecule has 1 saturated heterocycles. The van der Waals surface area contributed by atoms with E-state index in [0.29, 0.717) is 13.1 Å². The zero-order chi connectivity index (χ0) is 14.5. The van der Waals surface area contributed by atoms with Crippen LogP contribution in [-0.2, 0) is 11.3 Å². The minimum Gasteiger partial charge on any atom is -0.339 e. The van der Waals surface area contributed by atoms with Crippen molar-refractivity contribution in [1.82, 2.24) is 24.7 Å². The van der Waals surface area contributed by atoms with Crippen molar-refractivity contribution in [2.75, 3.05) is 39.8 Å². The second-order valence-electron chi connectivity index (χ2n) is 4.83. The number of halogens is 4. The first-order chi connectivity index (χ1) is 9.58. The number of aromatic nitrogens is 2. The van der Waals surface area contributed by atoms with Crippen LogP contribution in [0.4, 0.5) is 8.78 Å². The number of rotatable bonds is 5. The lowest BCUT2D eigenvalue weighted by Crippen LogP contribution is -2.49. The van der Waals surface area contributed by atoms with Crippen LogP contribution >= 0.6 is 24.8 Å². The maximum absolute atomic E-state index is 12.7. The van der Waals surface area contributed by atoms with Gasteiger partial charge in [-0.2, -0.15) is 8.78 Å². The summed E-state index contributed by atoms with van der Waals surface area (Å²) in [5.41, 5.74) is 0. The largest absolute Gasteiger partial charge is 0.339 e. The molecule has 1 aromatic heterocycles. The molecule has 1 N–H and O–H groups in total. The maximum Gasteiger partial charge on any atom is 0.319 e. The second kappa shape index (κ2) is 9.94. The molecule has 22 heavy (non-hydrogen) atoms. The van der Waals surface area contributed by atoms with Gasteiger partial charge in [0, 0.05) is 38.6 Å². The van der Waals surface area contributed by atoms with Gasteiger partial charge < -0.3 is 10.2 Å². The molecule has 0 unspecified atom stereocenters. The topological polar surface area (TPSA) is 53.4 Å². The molecule has 0 saturated carbocycles. The van der Waals surface area contributed by atoms with Crippen molar-refractivity contribution < 1.29 is 13.6 Å². The molecule has 1 aromatic rings. The lowest BCUT2D eigenvalue weighted by atomic mass is 10.3. The minimum absolute atomic E-state index is 0. The highest BCUT2D eigenvalue weighted by Crippen LogP contribution is 2.13. The molecule has 1 fully saturated rings. The number of nitrogens with zero attached hydrogens (tertiary/aromatic N) is 4. The van der Waals surface area contributed by atoms with Gasteiger partial charge in [0.05, 0.1) is 13.1 Å². The number of hydrogen-bond donors (Lipinski definition) is 1. The van der Waals surface area contributed by atoms with E-state index in [1.165, 1.54) is 12.4 Å². The van der Waals surface area contributed by atoms with Crippen LogP contribution in [0.3, 0.4) is 0 Å². The molecule has 0 bridgehead atoms. The molecule has 10 heteroatoms. The molecular formula is C12H21Cl2F2N5O. The fourth-order valence-electron chi connectivity index (χ4n) is 2.19. The summed E-state index contributed by atoms with van der Waals surface area (Å²) in [5, 5.41) is 3.18. The first kappa shape index (κ1) is 21.0.